The van der Waals surface area contributed by atoms with Gasteiger partial charge >= 0.3 is 5.97 Å². The van der Waals surface area contributed by atoms with Gasteiger partial charge in [0.15, 0.2) is 0 Å². The molecule has 0 saturated carbocycles. The van der Waals surface area contributed by atoms with Crippen LogP contribution in [0.25, 0.3) is 0 Å². The summed E-state index contributed by atoms with van der Waals surface area (Å²) in [6, 6.07) is 8.83. The Balaban J connectivity index is 2.26. The number of aryl methyl sites for hydroxylation is 1. The van der Waals surface area contributed by atoms with Crippen LogP contribution in [0.15, 0.2) is 40.5 Å². The van der Waals surface area contributed by atoms with Gasteiger partial charge in [-0.2, -0.15) is 10.5 Å². The maximum Gasteiger partial charge on any atom is 0.336 e. The van der Waals surface area contributed by atoms with Gasteiger partial charge in [-0.3, -0.25) is 4.79 Å². The van der Waals surface area contributed by atoms with Crippen LogP contribution in [0.2, 0.25) is 0 Å². The van der Waals surface area contributed by atoms with Crippen molar-refractivity contribution < 1.29 is 14.3 Å². The lowest BCUT2D eigenvalue weighted by Crippen LogP contribution is -2.30. The maximum atomic E-state index is 13.0. The molecule has 30 heavy (non-hydrogen) atoms. The van der Waals surface area contributed by atoms with E-state index < -0.39 is 11.9 Å². The minimum Gasteiger partial charge on any atom is -0.496 e. The zero-order valence-electron chi connectivity index (χ0n) is 16.8. The summed E-state index contributed by atoms with van der Waals surface area (Å²) in [5.74, 6) is -1.02. The van der Waals surface area contributed by atoms with Crippen molar-refractivity contribution in [3.8, 4) is 17.9 Å². The lowest BCUT2D eigenvalue weighted by molar-refractivity contribution is -0.139. The number of esters is 1. The summed E-state index contributed by atoms with van der Waals surface area (Å²) in [5, 5.41) is 21.1. The highest BCUT2D eigenvalue weighted by Crippen LogP contribution is 2.44. The molecule has 0 fully saturated rings. The molecule has 1 aromatic heterocycles. The third kappa shape index (κ3) is 3.63. The number of aromatic amines is 1. The second-order valence-corrected chi connectivity index (χ2v) is 6.80. The number of allylic oxidation sites excluding steroid dienone is 1. The predicted octanol–water partition coefficient (Wildman–Crippen LogP) is 2.85. The number of rotatable bonds is 5. The van der Waals surface area contributed by atoms with Crippen LogP contribution in [0, 0.1) is 29.6 Å². The minimum absolute atomic E-state index is 0.0552. The smallest absolute Gasteiger partial charge is 0.336 e. The van der Waals surface area contributed by atoms with Gasteiger partial charge in [0, 0.05) is 17.5 Å². The summed E-state index contributed by atoms with van der Waals surface area (Å²) in [6.07, 6.45) is 1.66. The number of nitrogens with one attached hydrogen (secondary N) is 2. The Kier molecular flexibility index (Phi) is 5.89. The first-order chi connectivity index (χ1) is 14.4. The van der Waals surface area contributed by atoms with E-state index in [0.717, 1.165) is 5.56 Å². The molecular formula is C22H20N4O4. The van der Waals surface area contributed by atoms with Gasteiger partial charge in [0.1, 0.15) is 12.4 Å². The molecule has 2 heterocycles. The van der Waals surface area contributed by atoms with Gasteiger partial charge in [-0.05, 0) is 31.5 Å². The number of carbonyl (C=O) groups is 1. The molecule has 1 aliphatic rings. The molecule has 1 atom stereocenters. The van der Waals surface area contributed by atoms with E-state index in [2.05, 4.69) is 16.4 Å². The van der Waals surface area contributed by atoms with Crippen molar-refractivity contribution in [2.45, 2.75) is 26.2 Å². The van der Waals surface area contributed by atoms with Crippen LogP contribution in [0.3, 0.4) is 0 Å². The van der Waals surface area contributed by atoms with Gasteiger partial charge in [0.2, 0.25) is 0 Å². The van der Waals surface area contributed by atoms with E-state index in [9.17, 15) is 14.9 Å². The summed E-state index contributed by atoms with van der Waals surface area (Å²) in [4.78, 5) is 28.5. The fourth-order valence-electron chi connectivity index (χ4n) is 3.57. The summed E-state index contributed by atoms with van der Waals surface area (Å²) < 4.78 is 10.8. The Morgan fingerprint density at radius 2 is 2.03 bits per heavy atom. The zero-order valence-corrected chi connectivity index (χ0v) is 16.8. The number of methoxy groups -OCH3 is 1. The third-order valence-electron chi connectivity index (χ3n) is 4.96. The summed E-state index contributed by atoms with van der Waals surface area (Å²) >= 11 is 0. The first-order valence-corrected chi connectivity index (χ1v) is 9.25. The van der Waals surface area contributed by atoms with Crippen LogP contribution in [0.5, 0.6) is 5.75 Å². The SMILES string of the molecule is COc1cc(C#N)ccc1[C@H]1C(C(=O)OCCC#N)=C(C)Nc2c(C)c[nH]c(=O)c21. The number of benzene rings is 1. The molecular weight excluding hydrogens is 384 g/mol. The molecule has 0 radical (unpaired) electrons. The molecule has 2 aromatic rings. The van der Waals surface area contributed by atoms with Crippen LogP contribution >= 0.6 is 0 Å². The highest BCUT2D eigenvalue weighted by Gasteiger charge is 2.37. The van der Waals surface area contributed by atoms with Gasteiger partial charge in [-0.1, -0.05) is 6.07 Å². The molecule has 8 heteroatoms. The minimum atomic E-state index is -0.776. The van der Waals surface area contributed by atoms with Crippen molar-refractivity contribution >= 4 is 11.7 Å². The Morgan fingerprint density at radius 3 is 2.70 bits per heavy atom. The van der Waals surface area contributed by atoms with Gasteiger partial charge in [0.25, 0.3) is 5.56 Å². The molecule has 0 saturated heterocycles. The Hall–Kier alpha value is -4.04. The van der Waals surface area contributed by atoms with E-state index in [1.165, 1.54) is 7.11 Å². The summed E-state index contributed by atoms with van der Waals surface area (Å²) in [7, 11) is 1.46. The van der Waals surface area contributed by atoms with Gasteiger partial charge < -0.3 is 19.8 Å². The van der Waals surface area contributed by atoms with Crippen LogP contribution in [-0.2, 0) is 9.53 Å². The molecule has 0 spiro atoms. The van der Waals surface area contributed by atoms with E-state index in [1.54, 1.807) is 31.3 Å². The number of nitrogens with zero attached hydrogens (tertiary/aromatic N) is 2. The predicted molar refractivity (Wildman–Crippen MR) is 109 cm³/mol. The first-order valence-electron chi connectivity index (χ1n) is 9.25. The van der Waals surface area contributed by atoms with Crippen molar-refractivity contribution in [2.24, 2.45) is 0 Å². The van der Waals surface area contributed by atoms with E-state index in [4.69, 9.17) is 14.7 Å². The van der Waals surface area contributed by atoms with Crippen molar-refractivity contribution in [3.63, 3.8) is 0 Å². The number of pyridine rings is 1. The Labute approximate surface area is 173 Å². The number of anilines is 1. The molecule has 0 unspecified atom stereocenters. The third-order valence-corrected chi connectivity index (χ3v) is 4.96. The second kappa shape index (κ2) is 8.54. The van der Waals surface area contributed by atoms with E-state index in [-0.39, 0.29) is 24.2 Å². The molecule has 1 aromatic carbocycles. The number of H-pyrrole nitrogens is 1. The van der Waals surface area contributed by atoms with Crippen LogP contribution in [0.4, 0.5) is 5.69 Å². The fraction of sp³-hybridized carbons (Fsp3) is 0.273. The van der Waals surface area contributed by atoms with Gasteiger partial charge in [-0.15, -0.1) is 0 Å². The van der Waals surface area contributed by atoms with Crippen molar-refractivity contribution in [1.82, 2.24) is 4.98 Å². The standard InChI is InChI=1S/C22H20N4O4/c1-12-11-25-21(27)19-18(15-6-5-14(10-24)9-16(15)29-3)17(13(2)26-20(12)19)22(28)30-8-4-7-23/h5-6,9,11,18,26H,4,8H2,1-3H3,(H,25,27)/t18-/m0/s1. The first kappa shape index (κ1) is 20.7. The molecule has 0 bridgehead atoms. The highest BCUT2D eigenvalue weighted by molar-refractivity contribution is 5.95. The molecule has 8 nitrogen and oxygen atoms in total. The number of aromatic nitrogens is 1. The van der Waals surface area contributed by atoms with Crippen molar-refractivity contribution in [3.05, 3.63) is 68.3 Å². The zero-order chi connectivity index (χ0) is 21.8. The summed E-state index contributed by atoms with van der Waals surface area (Å²) in [6.45, 7) is 3.52. The monoisotopic (exact) mass is 404 g/mol. The topological polar surface area (TPSA) is 128 Å². The quantitative estimate of drug-likeness (QED) is 0.579. The summed E-state index contributed by atoms with van der Waals surface area (Å²) in [5.41, 5.74) is 3.16. The average molecular weight is 404 g/mol. The Morgan fingerprint density at radius 1 is 1.27 bits per heavy atom. The lowest BCUT2D eigenvalue weighted by atomic mass is 9.80. The largest absolute Gasteiger partial charge is 0.496 e. The second-order valence-electron chi connectivity index (χ2n) is 6.80. The van der Waals surface area contributed by atoms with Crippen molar-refractivity contribution in [2.75, 3.05) is 19.0 Å². The number of nitriles is 2. The molecule has 0 aliphatic carbocycles. The van der Waals surface area contributed by atoms with E-state index >= 15 is 0 Å². The number of hydrogen-bond donors (Lipinski definition) is 2. The molecule has 1 aliphatic heterocycles. The Bertz CT molecular complexity index is 1180. The molecule has 2 N–H and O–H groups in total. The van der Waals surface area contributed by atoms with Crippen LogP contribution in [0.1, 0.15) is 41.5 Å². The number of carbonyl (C=O) groups excluding carboxylic acids is 1. The normalized spacial score (nSPS) is 14.8. The average Bonchev–Trinajstić information content (AvgIpc) is 2.75. The maximum absolute atomic E-state index is 13.0. The number of hydrogen-bond acceptors (Lipinski definition) is 7. The fourth-order valence-corrected chi connectivity index (χ4v) is 3.57. The van der Waals surface area contributed by atoms with Gasteiger partial charge in [0.05, 0.1) is 54.0 Å². The van der Waals surface area contributed by atoms with Crippen LogP contribution in [-0.4, -0.2) is 24.7 Å². The highest BCUT2D eigenvalue weighted by atomic mass is 16.5. The molecule has 3 rings (SSSR count). The lowest BCUT2D eigenvalue weighted by Gasteiger charge is -2.31. The van der Waals surface area contributed by atoms with Gasteiger partial charge in [-0.25, -0.2) is 4.79 Å². The number of ether oxygens (including phenoxy) is 2. The van der Waals surface area contributed by atoms with E-state index in [1.807, 2.05) is 13.0 Å². The molecule has 152 valence electrons. The molecule has 0 amide bonds. The van der Waals surface area contributed by atoms with E-state index in [0.29, 0.717) is 33.8 Å². The van der Waals surface area contributed by atoms with Crippen LogP contribution < -0.4 is 15.6 Å². The number of fused-ring (bicyclic) bond motifs is 1. The van der Waals surface area contributed by atoms with Crippen molar-refractivity contribution in [1.29, 1.82) is 10.5 Å².